The number of urea groups is 1. The molecule has 1 fully saturated rings. The normalized spacial score (nSPS) is 21.2. The molecule has 0 aliphatic carbocycles. The third-order valence-corrected chi connectivity index (χ3v) is 5.29. The number of benzene rings is 1. The highest BCUT2D eigenvalue weighted by Crippen LogP contribution is 2.43. The third-order valence-electron chi connectivity index (χ3n) is 4.27. The number of hydrogen-bond acceptors (Lipinski definition) is 4. The fourth-order valence-corrected chi connectivity index (χ4v) is 3.90. The minimum atomic E-state index is -1.83. The van der Waals surface area contributed by atoms with Crippen molar-refractivity contribution in [2.24, 2.45) is 0 Å². The van der Waals surface area contributed by atoms with E-state index in [1.807, 2.05) is 0 Å². The molecule has 1 saturated heterocycles. The zero-order valence-corrected chi connectivity index (χ0v) is 15.9. The number of hydrogen-bond donors (Lipinski definition) is 2. The standard InChI is InChI=1S/C16H9BrCl2N4O3/c17-8-3-10-12(20-5-8)23(6-7-1-2-9(18)4-11(7)19)14(25)16(10)13(24)21-15(26)22-16/h1-5H,6H2,(H2,21,22,24,26). The second kappa shape index (κ2) is 5.94. The summed E-state index contributed by atoms with van der Waals surface area (Å²) in [5, 5.41) is 5.41. The molecule has 0 radical (unpaired) electrons. The minimum Gasteiger partial charge on any atom is -0.312 e. The summed E-state index contributed by atoms with van der Waals surface area (Å²) in [7, 11) is 0. The molecule has 2 N–H and O–H groups in total. The molecule has 2 aromatic rings. The second-order valence-corrected chi connectivity index (χ2v) is 7.57. The van der Waals surface area contributed by atoms with Crippen LogP contribution in [0.3, 0.4) is 0 Å². The van der Waals surface area contributed by atoms with Crippen molar-refractivity contribution in [3.63, 3.8) is 0 Å². The van der Waals surface area contributed by atoms with Crippen molar-refractivity contribution in [3.8, 4) is 0 Å². The molecule has 2 aliphatic rings. The average Bonchev–Trinajstić information content (AvgIpc) is 2.99. The van der Waals surface area contributed by atoms with E-state index in [1.54, 1.807) is 24.3 Å². The summed E-state index contributed by atoms with van der Waals surface area (Å²) in [6.45, 7) is 0.0708. The number of rotatable bonds is 2. The summed E-state index contributed by atoms with van der Waals surface area (Å²) in [4.78, 5) is 43.0. The van der Waals surface area contributed by atoms with Crippen molar-refractivity contribution in [2.45, 2.75) is 12.1 Å². The highest BCUT2D eigenvalue weighted by molar-refractivity contribution is 9.10. The van der Waals surface area contributed by atoms with E-state index in [-0.39, 0.29) is 12.4 Å². The van der Waals surface area contributed by atoms with E-state index < -0.39 is 23.4 Å². The molecule has 26 heavy (non-hydrogen) atoms. The van der Waals surface area contributed by atoms with Gasteiger partial charge in [-0.2, -0.15) is 0 Å². The van der Waals surface area contributed by atoms with Gasteiger partial charge in [0.15, 0.2) is 0 Å². The van der Waals surface area contributed by atoms with Crippen LogP contribution in [0.15, 0.2) is 34.9 Å². The maximum atomic E-state index is 13.2. The molecule has 1 aromatic heterocycles. The lowest BCUT2D eigenvalue weighted by Gasteiger charge is -2.21. The van der Waals surface area contributed by atoms with Crippen LogP contribution in [0.1, 0.15) is 11.1 Å². The lowest BCUT2D eigenvalue weighted by atomic mass is 9.93. The fourth-order valence-electron chi connectivity index (χ4n) is 3.10. The number of fused-ring (bicyclic) bond motifs is 2. The zero-order valence-electron chi connectivity index (χ0n) is 12.8. The van der Waals surface area contributed by atoms with Crippen molar-refractivity contribution < 1.29 is 14.4 Å². The number of nitrogens with one attached hydrogen (secondary N) is 2. The largest absolute Gasteiger partial charge is 0.323 e. The highest BCUT2D eigenvalue weighted by atomic mass is 79.9. The maximum Gasteiger partial charge on any atom is 0.323 e. The smallest absolute Gasteiger partial charge is 0.312 e. The predicted molar refractivity (Wildman–Crippen MR) is 97.9 cm³/mol. The number of carbonyl (C=O) groups excluding carboxylic acids is 3. The van der Waals surface area contributed by atoms with Crippen molar-refractivity contribution in [1.29, 1.82) is 0 Å². The van der Waals surface area contributed by atoms with Gasteiger partial charge in [-0.25, -0.2) is 9.78 Å². The van der Waals surface area contributed by atoms with E-state index in [0.29, 0.717) is 25.6 Å². The number of imide groups is 1. The van der Waals surface area contributed by atoms with E-state index in [4.69, 9.17) is 23.2 Å². The molecular weight excluding hydrogens is 447 g/mol. The van der Waals surface area contributed by atoms with E-state index in [0.717, 1.165) is 0 Å². The lowest BCUT2D eigenvalue weighted by molar-refractivity contribution is -0.134. The first-order chi connectivity index (χ1) is 12.3. The van der Waals surface area contributed by atoms with Crippen LogP contribution in [0.4, 0.5) is 10.6 Å². The average molecular weight is 456 g/mol. The first-order valence-electron chi connectivity index (χ1n) is 7.38. The highest BCUT2D eigenvalue weighted by Gasteiger charge is 2.62. The van der Waals surface area contributed by atoms with Crippen LogP contribution in [0.2, 0.25) is 10.0 Å². The first kappa shape index (κ1) is 17.3. The summed E-state index contributed by atoms with van der Waals surface area (Å²) >= 11 is 15.4. The Morgan fingerprint density at radius 3 is 2.62 bits per heavy atom. The predicted octanol–water partition coefficient (Wildman–Crippen LogP) is 2.73. The molecule has 1 aromatic carbocycles. The summed E-state index contributed by atoms with van der Waals surface area (Å²) in [6, 6.07) is 5.76. The Kier molecular flexibility index (Phi) is 3.94. The van der Waals surface area contributed by atoms with Crippen LogP contribution in [0.25, 0.3) is 0 Å². The number of anilines is 1. The van der Waals surface area contributed by atoms with Gasteiger partial charge in [0, 0.05) is 26.3 Å². The van der Waals surface area contributed by atoms with Crippen LogP contribution in [-0.2, 0) is 21.7 Å². The van der Waals surface area contributed by atoms with Crippen LogP contribution in [0.5, 0.6) is 0 Å². The van der Waals surface area contributed by atoms with Gasteiger partial charge in [-0.15, -0.1) is 0 Å². The number of pyridine rings is 1. The number of carbonyl (C=O) groups is 3. The van der Waals surface area contributed by atoms with Crippen molar-refractivity contribution in [2.75, 3.05) is 4.90 Å². The third kappa shape index (κ3) is 2.40. The molecule has 0 saturated carbocycles. The summed E-state index contributed by atoms with van der Waals surface area (Å²) in [5.74, 6) is -1.06. The summed E-state index contributed by atoms with van der Waals surface area (Å²) in [5.41, 5.74) is -0.908. The van der Waals surface area contributed by atoms with Crippen molar-refractivity contribution >= 4 is 62.8 Å². The van der Waals surface area contributed by atoms with Crippen LogP contribution >= 0.6 is 39.1 Å². The van der Waals surface area contributed by atoms with Crippen molar-refractivity contribution in [1.82, 2.24) is 15.6 Å². The zero-order chi connectivity index (χ0) is 18.6. The molecule has 0 bridgehead atoms. The van der Waals surface area contributed by atoms with Gasteiger partial charge < -0.3 is 5.32 Å². The molecule has 10 heteroatoms. The van der Waals surface area contributed by atoms with E-state index in [9.17, 15) is 14.4 Å². The van der Waals surface area contributed by atoms with E-state index in [2.05, 4.69) is 31.5 Å². The molecule has 3 heterocycles. The monoisotopic (exact) mass is 454 g/mol. The molecule has 1 atom stereocenters. The molecule has 4 rings (SSSR count). The number of halogens is 3. The van der Waals surface area contributed by atoms with E-state index >= 15 is 0 Å². The van der Waals surface area contributed by atoms with Crippen LogP contribution in [0, 0.1) is 0 Å². The SMILES string of the molecule is O=C1NC(=O)C2(N1)C(=O)N(Cc1ccc(Cl)cc1Cl)c1ncc(Br)cc12. The van der Waals surface area contributed by atoms with E-state index in [1.165, 1.54) is 11.1 Å². The molecule has 1 unspecified atom stereocenters. The van der Waals surface area contributed by atoms with Crippen LogP contribution in [-0.4, -0.2) is 22.8 Å². The van der Waals surface area contributed by atoms with Gasteiger partial charge in [0.2, 0.25) is 5.54 Å². The fraction of sp³-hybridized carbons (Fsp3) is 0.125. The Bertz CT molecular complexity index is 999. The summed E-state index contributed by atoms with van der Waals surface area (Å²) in [6.07, 6.45) is 1.51. The number of nitrogens with zero attached hydrogens (tertiary/aromatic N) is 2. The molecule has 1 spiro atoms. The van der Waals surface area contributed by atoms with Crippen molar-refractivity contribution in [3.05, 3.63) is 56.1 Å². The Labute approximate surface area is 165 Å². The molecular formula is C16H9BrCl2N4O3. The van der Waals surface area contributed by atoms with Gasteiger partial charge >= 0.3 is 6.03 Å². The van der Waals surface area contributed by atoms with Gasteiger partial charge in [-0.3, -0.25) is 19.8 Å². The molecule has 4 amide bonds. The molecule has 2 aliphatic heterocycles. The quantitative estimate of drug-likeness (QED) is 0.538. The van der Waals surface area contributed by atoms with Gasteiger partial charge in [-0.1, -0.05) is 29.3 Å². The minimum absolute atomic E-state index is 0.0708. The Hall–Kier alpha value is -2.16. The van der Waals surface area contributed by atoms with Gasteiger partial charge in [-0.05, 0) is 39.7 Å². The van der Waals surface area contributed by atoms with Crippen LogP contribution < -0.4 is 15.5 Å². The van der Waals surface area contributed by atoms with Gasteiger partial charge in [0.1, 0.15) is 5.82 Å². The number of amides is 4. The Balaban J connectivity index is 1.84. The Morgan fingerprint density at radius 2 is 1.96 bits per heavy atom. The first-order valence-corrected chi connectivity index (χ1v) is 8.93. The number of aromatic nitrogens is 1. The lowest BCUT2D eigenvalue weighted by Crippen LogP contribution is -2.52. The second-order valence-electron chi connectivity index (χ2n) is 5.81. The van der Waals surface area contributed by atoms with Gasteiger partial charge in [0.05, 0.1) is 6.54 Å². The maximum absolute atomic E-state index is 13.2. The Morgan fingerprint density at radius 1 is 1.19 bits per heavy atom. The summed E-state index contributed by atoms with van der Waals surface area (Å²) < 4.78 is 0.573. The van der Waals surface area contributed by atoms with Gasteiger partial charge in [0.25, 0.3) is 11.8 Å². The molecule has 132 valence electrons. The topological polar surface area (TPSA) is 91.4 Å². The molecule has 7 nitrogen and oxygen atoms in total.